The summed E-state index contributed by atoms with van der Waals surface area (Å²) in [7, 11) is 0. The van der Waals surface area contributed by atoms with E-state index in [1.165, 1.54) is 33.2 Å². The minimum Gasteiger partial charge on any atom is -0.311 e. The molecular formula is C80H60N4. The summed E-state index contributed by atoms with van der Waals surface area (Å²) in [5.41, 5.74) is 21.6. The highest BCUT2D eigenvalue weighted by Gasteiger charge is 2.22. The first kappa shape index (κ1) is 51.2. The zero-order valence-corrected chi connectivity index (χ0v) is 46.5. The lowest BCUT2D eigenvalue weighted by atomic mass is 9.87. The van der Waals surface area contributed by atoms with Gasteiger partial charge in [-0.2, -0.15) is 0 Å². The molecule has 12 aromatic carbocycles. The van der Waals surface area contributed by atoms with Crippen LogP contribution < -0.4 is 19.6 Å². The lowest BCUT2D eigenvalue weighted by Crippen LogP contribution is -2.19. The molecule has 0 radical (unpaired) electrons. The highest BCUT2D eigenvalue weighted by atomic mass is 15.2. The number of allylic oxidation sites excluding steroid dienone is 7. The number of nitrogens with zero attached hydrogens (tertiary/aromatic N) is 4. The maximum Gasteiger partial charge on any atom is 0.0468 e. The standard InChI is InChI=1S/C80H60N4/c1-5-21-69(22-6-1)81(70-23-7-2-8-24-70)73-43-29-61(30-44-73)63-33-47-75(48-34-63)83(79-55-41-59-17-13-15-19-67(59)57-79)77-51-37-65(38-52-77)66-39-53-78(54-40-66)84(80-56-42-60-18-14-16-20-68(60)58-80)76-49-35-64(36-50-76)62-31-45-74(46-32-62)82(71-25-9-3-10-26-71)72-27-11-4-12-28-72/h1-41,43-58,60H,42H2. The van der Waals surface area contributed by atoms with Crippen LogP contribution in [0.2, 0.25) is 0 Å². The van der Waals surface area contributed by atoms with Crippen LogP contribution in [0.1, 0.15) is 6.42 Å². The van der Waals surface area contributed by atoms with E-state index in [0.29, 0.717) is 5.92 Å². The van der Waals surface area contributed by atoms with E-state index in [0.717, 1.165) is 91.2 Å². The maximum absolute atomic E-state index is 2.40. The van der Waals surface area contributed by atoms with Crippen LogP contribution in [0.25, 0.3) is 44.2 Å². The van der Waals surface area contributed by atoms with Crippen molar-refractivity contribution in [3.05, 3.63) is 357 Å². The topological polar surface area (TPSA) is 13.0 Å². The molecule has 4 heteroatoms. The summed E-state index contributed by atoms with van der Waals surface area (Å²) in [4.78, 5) is 9.36. The Hall–Kier alpha value is -10.9. The summed E-state index contributed by atoms with van der Waals surface area (Å²) in [5.74, 6) is 0.397. The van der Waals surface area contributed by atoms with Crippen molar-refractivity contribution in [3.63, 3.8) is 0 Å². The van der Waals surface area contributed by atoms with Gasteiger partial charge in [0.1, 0.15) is 0 Å². The van der Waals surface area contributed by atoms with Crippen molar-refractivity contribution in [1.29, 1.82) is 0 Å². The maximum atomic E-state index is 2.40. The Morgan fingerprint density at radius 2 is 0.548 bits per heavy atom. The molecule has 1 atom stereocenters. The molecule has 12 aromatic rings. The quantitative estimate of drug-likeness (QED) is 0.101. The van der Waals surface area contributed by atoms with Gasteiger partial charge in [-0.15, -0.1) is 0 Å². The molecule has 0 fully saturated rings. The van der Waals surface area contributed by atoms with Crippen LogP contribution >= 0.6 is 0 Å². The Morgan fingerprint density at radius 1 is 0.250 bits per heavy atom. The second-order valence-corrected chi connectivity index (χ2v) is 21.4. The molecule has 0 spiro atoms. The van der Waals surface area contributed by atoms with Crippen LogP contribution in [0.4, 0.5) is 62.6 Å². The Balaban J connectivity index is 0.739. The molecule has 4 nitrogen and oxygen atoms in total. The Kier molecular flexibility index (Phi) is 14.2. The fourth-order valence-corrected chi connectivity index (χ4v) is 11.8. The summed E-state index contributed by atoms with van der Waals surface area (Å²) in [6, 6.07) is 111. The molecule has 0 heterocycles. The minimum absolute atomic E-state index is 0.397. The van der Waals surface area contributed by atoms with E-state index in [2.05, 4.69) is 365 Å². The molecule has 1 unspecified atom stereocenters. The van der Waals surface area contributed by atoms with E-state index in [1.807, 2.05) is 0 Å². The average molecular weight is 1080 g/mol. The van der Waals surface area contributed by atoms with Crippen molar-refractivity contribution in [2.45, 2.75) is 6.42 Å². The van der Waals surface area contributed by atoms with Crippen LogP contribution in [0, 0.1) is 5.92 Å². The molecule has 0 aromatic heterocycles. The zero-order valence-electron chi connectivity index (χ0n) is 46.5. The van der Waals surface area contributed by atoms with Gasteiger partial charge in [-0.3, -0.25) is 0 Å². The van der Waals surface area contributed by atoms with Gasteiger partial charge in [0.25, 0.3) is 0 Å². The fourth-order valence-electron chi connectivity index (χ4n) is 11.8. The molecule has 0 saturated carbocycles. The van der Waals surface area contributed by atoms with Gasteiger partial charge >= 0.3 is 0 Å². The van der Waals surface area contributed by atoms with Crippen LogP contribution in [0.15, 0.2) is 357 Å². The summed E-state index contributed by atoms with van der Waals surface area (Å²) in [5, 5.41) is 2.42. The number of rotatable bonds is 15. The fraction of sp³-hybridized carbons (Fsp3) is 0.0250. The van der Waals surface area contributed by atoms with E-state index in [4.69, 9.17) is 0 Å². The summed E-state index contributed by atoms with van der Waals surface area (Å²) < 4.78 is 0. The van der Waals surface area contributed by atoms with Crippen molar-refractivity contribution in [2.24, 2.45) is 5.92 Å². The van der Waals surface area contributed by atoms with Gasteiger partial charge in [0, 0.05) is 74.2 Å². The van der Waals surface area contributed by atoms with Gasteiger partial charge in [-0.1, -0.05) is 206 Å². The number of fused-ring (bicyclic) bond motifs is 2. The molecule has 84 heavy (non-hydrogen) atoms. The van der Waals surface area contributed by atoms with Crippen molar-refractivity contribution >= 4 is 73.3 Å². The summed E-state index contributed by atoms with van der Waals surface area (Å²) in [6.07, 6.45) is 14.6. The van der Waals surface area contributed by atoms with Crippen molar-refractivity contribution in [1.82, 2.24) is 0 Å². The SMILES string of the molecule is C1=CC2=CC(N(c3ccc(-c4ccc(N(c5ccccc5)c5ccccc5)cc4)cc3)c3ccc(-c4ccc(N(c5ccc(-c6ccc(N(c7ccccc7)c7ccccc7)cc6)cc5)c5ccc6ccccc6c5)cc4)cc3)=CCC2C=C1. The van der Waals surface area contributed by atoms with Gasteiger partial charge in [-0.05, 0) is 196 Å². The predicted molar refractivity (Wildman–Crippen MR) is 355 cm³/mol. The molecule has 0 aliphatic heterocycles. The zero-order chi connectivity index (χ0) is 56.0. The second kappa shape index (κ2) is 23.3. The lowest BCUT2D eigenvalue weighted by Gasteiger charge is -2.31. The first-order chi connectivity index (χ1) is 41.6. The lowest BCUT2D eigenvalue weighted by molar-refractivity contribution is 0.768. The number of anilines is 11. The van der Waals surface area contributed by atoms with E-state index < -0.39 is 0 Å². The van der Waals surface area contributed by atoms with Gasteiger partial charge in [0.2, 0.25) is 0 Å². The molecule has 0 N–H and O–H groups in total. The number of hydrogen-bond donors (Lipinski definition) is 0. The number of para-hydroxylation sites is 4. The van der Waals surface area contributed by atoms with Crippen molar-refractivity contribution < 1.29 is 0 Å². The highest BCUT2D eigenvalue weighted by molar-refractivity contribution is 5.90. The van der Waals surface area contributed by atoms with E-state index in [9.17, 15) is 0 Å². The van der Waals surface area contributed by atoms with Crippen LogP contribution in [-0.4, -0.2) is 0 Å². The monoisotopic (exact) mass is 1080 g/mol. The predicted octanol–water partition coefficient (Wildman–Crippen LogP) is 22.3. The van der Waals surface area contributed by atoms with Crippen molar-refractivity contribution in [3.8, 4) is 33.4 Å². The molecular weight excluding hydrogens is 1020 g/mol. The second-order valence-electron chi connectivity index (χ2n) is 21.4. The van der Waals surface area contributed by atoms with Crippen LogP contribution in [-0.2, 0) is 0 Å². The van der Waals surface area contributed by atoms with Crippen LogP contribution in [0.3, 0.4) is 0 Å². The van der Waals surface area contributed by atoms with Crippen LogP contribution in [0.5, 0.6) is 0 Å². The molecule has 14 rings (SSSR count). The average Bonchev–Trinajstić information content (AvgIpc) is 3.76. The minimum atomic E-state index is 0.397. The number of hydrogen-bond acceptors (Lipinski definition) is 4. The summed E-state index contributed by atoms with van der Waals surface area (Å²) in [6.45, 7) is 0. The third-order valence-corrected chi connectivity index (χ3v) is 16.1. The van der Waals surface area contributed by atoms with E-state index >= 15 is 0 Å². The first-order valence-electron chi connectivity index (χ1n) is 28.9. The molecule has 400 valence electrons. The van der Waals surface area contributed by atoms with Gasteiger partial charge in [-0.25, -0.2) is 0 Å². The first-order valence-corrected chi connectivity index (χ1v) is 28.9. The third-order valence-electron chi connectivity index (χ3n) is 16.1. The molecule has 0 bridgehead atoms. The summed E-state index contributed by atoms with van der Waals surface area (Å²) >= 11 is 0. The van der Waals surface area contributed by atoms with E-state index in [1.54, 1.807) is 0 Å². The Morgan fingerprint density at radius 3 is 0.917 bits per heavy atom. The molecule has 0 saturated heterocycles. The Labute approximate surface area is 493 Å². The smallest absolute Gasteiger partial charge is 0.0468 e. The Bertz CT molecular complexity index is 4250. The number of benzene rings is 12. The molecule has 2 aliphatic carbocycles. The van der Waals surface area contributed by atoms with E-state index in [-0.39, 0.29) is 0 Å². The van der Waals surface area contributed by atoms with Crippen molar-refractivity contribution in [2.75, 3.05) is 19.6 Å². The third kappa shape index (κ3) is 10.6. The van der Waals surface area contributed by atoms with Gasteiger partial charge in [0.15, 0.2) is 0 Å². The normalized spacial score (nSPS) is 13.4. The van der Waals surface area contributed by atoms with Gasteiger partial charge < -0.3 is 19.6 Å². The van der Waals surface area contributed by atoms with Gasteiger partial charge in [0.05, 0.1) is 0 Å². The molecule has 2 aliphatic rings. The molecule has 0 amide bonds. The highest BCUT2D eigenvalue weighted by Crippen LogP contribution is 2.43. The largest absolute Gasteiger partial charge is 0.311 e.